The Morgan fingerprint density at radius 3 is 2.08 bits per heavy atom. The first-order chi connectivity index (χ1) is 11.5. The van der Waals surface area contributed by atoms with E-state index in [2.05, 4.69) is 13.8 Å². The number of benzene rings is 1. The Bertz CT molecular complexity index is 534. The van der Waals surface area contributed by atoms with Gasteiger partial charge in [0.2, 0.25) is 0 Å². The van der Waals surface area contributed by atoms with Gasteiger partial charge in [-0.2, -0.15) is 0 Å². The van der Waals surface area contributed by atoms with Crippen molar-refractivity contribution in [3.05, 3.63) is 23.8 Å². The number of hydrogen-bond acceptors (Lipinski definition) is 4. The zero-order valence-corrected chi connectivity index (χ0v) is 15.4. The smallest absolute Gasteiger partial charge is 0.311 e. The van der Waals surface area contributed by atoms with E-state index in [1.54, 1.807) is 6.07 Å². The van der Waals surface area contributed by atoms with Gasteiger partial charge in [0.05, 0.1) is 0 Å². The Hall–Kier alpha value is -1.84. The molecule has 0 heterocycles. The zero-order chi connectivity index (χ0) is 17.9. The van der Waals surface area contributed by atoms with E-state index < -0.39 is 0 Å². The summed E-state index contributed by atoms with van der Waals surface area (Å²) >= 11 is 0. The fourth-order valence-corrected chi connectivity index (χ4v) is 2.34. The summed E-state index contributed by atoms with van der Waals surface area (Å²) in [5.41, 5.74) is 0.899. The summed E-state index contributed by atoms with van der Waals surface area (Å²) in [6.45, 7) is 8.25. The lowest BCUT2D eigenvalue weighted by atomic mass is 10.0. The van der Waals surface area contributed by atoms with Crippen LogP contribution in [0.5, 0.6) is 11.5 Å². The maximum atomic E-state index is 12.1. The molecule has 0 aliphatic rings. The van der Waals surface area contributed by atoms with Crippen LogP contribution in [0, 0.1) is 5.92 Å². The van der Waals surface area contributed by atoms with Gasteiger partial charge in [0, 0.05) is 12.8 Å². The Labute approximate surface area is 145 Å². The van der Waals surface area contributed by atoms with Crippen LogP contribution < -0.4 is 9.47 Å². The second-order valence-electron chi connectivity index (χ2n) is 6.50. The van der Waals surface area contributed by atoms with Gasteiger partial charge in [-0.1, -0.05) is 52.7 Å². The standard InChI is InChI=1S/C20H30O4/c1-5-7-12-18(21)23-17-11-9-10-16(14-15(3)4)20(17)24-19(22)13-8-6-2/h9-11,15H,5-8,12-14H2,1-4H3. The molecule has 0 N–H and O–H groups in total. The van der Waals surface area contributed by atoms with E-state index in [1.807, 2.05) is 26.0 Å². The summed E-state index contributed by atoms with van der Waals surface area (Å²) in [5.74, 6) is 0.587. The van der Waals surface area contributed by atoms with E-state index in [0.29, 0.717) is 30.3 Å². The fourth-order valence-electron chi connectivity index (χ4n) is 2.34. The molecule has 1 rings (SSSR count). The number of para-hydroxylation sites is 1. The first kappa shape index (κ1) is 20.2. The second-order valence-corrected chi connectivity index (χ2v) is 6.50. The van der Waals surface area contributed by atoms with Crippen LogP contribution in [0.2, 0.25) is 0 Å². The molecule has 0 bridgehead atoms. The SMILES string of the molecule is CCCCC(=O)Oc1cccc(CC(C)C)c1OC(=O)CCCC. The summed E-state index contributed by atoms with van der Waals surface area (Å²) in [4.78, 5) is 24.0. The molecule has 0 saturated carbocycles. The minimum absolute atomic E-state index is 0.279. The van der Waals surface area contributed by atoms with E-state index in [9.17, 15) is 9.59 Å². The van der Waals surface area contributed by atoms with Crippen LogP contribution in [0.4, 0.5) is 0 Å². The van der Waals surface area contributed by atoms with E-state index in [1.165, 1.54) is 0 Å². The molecule has 0 radical (unpaired) electrons. The zero-order valence-electron chi connectivity index (χ0n) is 15.4. The number of hydrogen-bond donors (Lipinski definition) is 0. The lowest BCUT2D eigenvalue weighted by molar-refractivity contribution is -0.137. The van der Waals surface area contributed by atoms with Crippen molar-refractivity contribution in [3.8, 4) is 11.5 Å². The highest BCUT2D eigenvalue weighted by Gasteiger charge is 2.18. The Morgan fingerprint density at radius 2 is 1.54 bits per heavy atom. The molecule has 4 heteroatoms. The summed E-state index contributed by atoms with van der Waals surface area (Å²) < 4.78 is 11.0. The van der Waals surface area contributed by atoms with Crippen LogP contribution in [0.3, 0.4) is 0 Å². The summed E-state index contributed by atoms with van der Waals surface area (Å²) in [6, 6.07) is 5.45. The minimum atomic E-state index is -0.288. The van der Waals surface area contributed by atoms with Gasteiger partial charge in [0.1, 0.15) is 0 Å². The van der Waals surface area contributed by atoms with Gasteiger partial charge in [0.15, 0.2) is 11.5 Å². The van der Waals surface area contributed by atoms with Gasteiger partial charge in [-0.3, -0.25) is 9.59 Å². The van der Waals surface area contributed by atoms with Crippen LogP contribution in [0.15, 0.2) is 18.2 Å². The lowest BCUT2D eigenvalue weighted by Gasteiger charge is -2.16. The molecule has 0 aromatic heterocycles. The van der Waals surface area contributed by atoms with Gasteiger partial charge in [0.25, 0.3) is 0 Å². The summed E-state index contributed by atoms with van der Waals surface area (Å²) in [7, 11) is 0. The predicted octanol–water partition coefficient (Wildman–Crippen LogP) is 5.08. The number of unbranched alkanes of at least 4 members (excludes halogenated alkanes) is 2. The van der Waals surface area contributed by atoms with Crippen molar-refractivity contribution in [2.24, 2.45) is 5.92 Å². The number of rotatable bonds is 10. The largest absolute Gasteiger partial charge is 0.423 e. The van der Waals surface area contributed by atoms with Crippen molar-refractivity contribution in [3.63, 3.8) is 0 Å². The Kier molecular flexibility index (Phi) is 9.13. The van der Waals surface area contributed by atoms with Gasteiger partial charge >= 0.3 is 11.9 Å². The van der Waals surface area contributed by atoms with Crippen LogP contribution in [-0.2, 0) is 16.0 Å². The number of carbonyl (C=O) groups excluding carboxylic acids is 2. The third kappa shape index (κ3) is 7.16. The summed E-state index contributed by atoms with van der Waals surface area (Å²) in [6.07, 6.45) is 4.94. The van der Waals surface area contributed by atoms with Crippen molar-refractivity contribution < 1.29 is 19.1 Å². The topological polar surface area (TPSA) is 52.6 Å². The van der Waals surface area contributed by atoms with E-state index in [4.69, 9.17) is 9.47 Å². The van der Waals surface area contributed by atoms with Gasteiger partial charge in [-0.15, -0.1) is 0 Å². The average molecular weight is 334 g/mol. The first-order valence-corrected chi connectivity index (χ1v) is 9.01. The molecule has 0 aliphatic heterocycles. The molecule has 0 fully saturated rings. The van der Waals surface area contributed by atoms with Crippen molar-refractivity contribution in [1.29, 1.82) is 0 Å². The molecule has 0 atom stereocenters. The molecule has 0 spiro atoms. The van der Waals surface area contributed by atoms with Gasteiger partial charge in [-0.05, 0) is 36.8 Å². The van der Waals surface area contributed by atoms with Crippen molar-refractivity contribution in [1.82, 2.24) is 0 Å². The minimum Gasteiger partial charge on any atom is -0.423 e. The van der Waals surface area contributed by atoms with Gasteiger partial charge in [-0.25, -0.2) is 0 Å². The molecular weight excluding hydrogens is 304 g/mol. The average Bonchev–Trinajstić information content (AvgIpc) is 2.53. The van der Waals surface area contributed by atoms with Crippen LogP contribution in [0.25, 0.3) is 0 Å². The lowest BCUT2D eigenvalue weighted by Crippen LogP contribution is -2.13. The number of ether oxygens (including phenoxy) is 2. The Morgan fingerprint density at radius 1 is 0.958 bits per heavy atom. The molecule has 0 aliphatic carbocycles. The maximum absolute atomic E-state index is 12.1. The van der Waals surface area contributed by atoms with Crippen molar-refractivity contribution in [2.75, 3.05) is 0 Å². The molecule has 0 unspecified atom stereocenters. The van der Waals surface area contributed by atoms with Crippen molar-refractivity contribution in [2.45, 2.75) is 72.6 Å². The molecule has 24 heavy (non-hydrogen) atoms. The molecule has 134 valence electrons. The highest BCUT2D eigenvalue weighted by Crippen LogP contribution is 2.33. The molecule has 0 saturated heterocycles. The summed E-state index contributed by atoms with van der Waals surface area (Å²) in [5, 5.41) is 0. The second kappa shape index (κ2) is 10.8. The van der Waals surface area contributed by atoms with Crippen LogP contribution in [0.1, 0.15) is 71.8 Å². The molecule has 0 amide bonds. The predicted molar refractivity (Wildman–Crippen MR) is 95.3 cm³/mol. The van der Waals surface area contributed by atoms with E-state index in [-0.39, 0.29) is 11.9 Å². The first-order valence-electron chi connectivity index (χ1n) is 9.01. The highest BCUT2D eigenvalue weighted by atomic mass is 16.6. The van der Waals surface area contributed by atoms with Crippen molar-refractivity contribution >= 4 is 11.9 Å². The third-order valence-corrected chi connectivity index (χ3v) is 3.60. The van der Waals surface area contributed by atoms with Crippen LogP contribution >= 0.6 is 0 Å². The fraction of sp³-hybridized carbons (Fsp3) is 0.600. The molecule has 1 aromatic carbocycles. The number of carbonyl (C=O) groups is 2. The van der Waals surface area contributed by atoms with E-state index >= 15 is 0 Å². The number of esters is 2. The normalized spacial score (nSPS) is 10.7. The highest BCUT2D eigenvalue weighted by molar-refractivity contribution is 5.76. The van der Waals surface area contributed by atoms with Gasteiger partial charge < -0.3 is 9.47 Å². The third-order valence-electron chi connectivity index (χ3n) is 3.60. The molecular formula is C20H30O4. The maximum Gasteiger partial charge on any atom is 0.311 e. The quantitative estimate of drug-likeness (QED) is 0.442. The molecule has 1 aromatic rings. The van der Waals surface area contributed by atoms with Crippen LogP contribution in [-0.4, -0.2) is 11.9 Å². The Balaban J connectivity index is 2.98. The molecule has 4 nitrogen and oxygen atoms in total. The monoisotopic (exact) mass is 334 g/mol. The van der Waals surface area contributed by atoms with E-state index in [0.717, 1.165) is 37.7 Å².